The maximum absolute atomic E-state index is 1.81. The van der Waals surface area contributed by atoms with Crippen LogP contribution in [0.2, 0.25) is 13.3 Å². The van der Waals surface area contributed by atoms with Crippen LogP contribution in [0, 0.1) is 17.8 Å². The topological polar surface area (TPSA) is 0 Å². The Bertz CT molecular complexity index is 202. The van der Waals surface area contributed by atoms with E-state index in [4.69, 9.17) is 0 Å². The summed E-state index contributed by atoms with van der Waals surface area (Å²) in [5, 5.41) is 0. The van der Waals surface area contributed by atoms with Gasteiger partial charge in [-0.1, -0.05) is 0 Å². The van der Waals surface area contributed by atoms with E-state index >= 15 is 0 Å². The number of hydrogen-bond donors (Lipinski definition) is 0. The SMILES string of the molecule is C1CCC([CH2][SnH]([CH2]C2CCCC2)[CH2]C2CCCC2)C1. The third-order valence-electron chi connectivity index (χ3n) is 6.42. The monoisotopic (exact) mass is 370 g/mol. The van der Waals surface area contributed by atoms with E-state index in [1.165, 1.54) is 17.8 Å². The van der Waals surface area contributed by atoms with Crippen LogP contribution in [0.1, 0.15) is 77.0 Å². The molecule has 0 aliphatic heterocycles. The third kappa shape index (κ3) is 4.64. The molecule has 0 aromatic carbocycles. The molecule has 0 radical (unpaired) electrons. The molecule has 3 rings (SSSR count). The predicted octanol–water partition coefficient (Wildman–Crippen LogP) is 5.78. The molecule has 0 amide bonds. The van der Waals surface area contributed by atoms with Gasteiger partial charge in [-0.25, -0.2) is 0 Å². The molecule has 0 aromatic heterocycles. The third-order valence-corrected chi connectivity index (χ3v) is 17.8. The van der Waals surface area contributed by atoms with Crippen molar-refractivity contribution in [3.63, 3.8) is 0 Å². The molecular weight excluding hydrogens is 335 g/mol. The van der Waals surface area contributed by atoms with Gasteiger partial charge in [-0.3, -0.25) is 0 Å². The Morgan fingerprint density at radius 1 is 0.474 bits per heavy atom. The summed E-state index contributed by atoms with van der Waals surface area (Å²) in [4.78, 5) is 0. The zero-order valence-corrected chi connectivity index (χ0v) is 16.2. The molecule has 3 fully saturated rings. The van der Waals surface area contributed by atoms with E-state index in [-0.39, 0.29) is 0 Å². The molecule has 110 valence electrons. The molecule has 0 atom stereocenters. The van der Waals surface area contributed by atoms with Crippen LogP contribution in [0.15, 0.2) is 0 Å². The van der Waals surface area contributed by atoms with Crippen LogP contribution in [-0.2, 0) is 0 Å². The van der Waals surface area contributed by atoms with E-state index in [0.717, 1.165) is 0 Å². The van der Waals surface area contributed by atoms with Crippen molar-refractivity contribution >= 4 is 19.8 Å². The van der Waals surface area contributed by atoms with Crippen LogP contribution in [-0.4, -0.2) is 19.8 Å². The Labute approximate surface area is 127 Å². The molecule has 0 bridgehead atoms. The van der Waals surface area contributed by atoms with Crippen molar-refractivity contribution in [1.82, 2.24) is 0 Å². The molecule has 19 heavy (non-hydrogen) atoms. The Morgan fingerprint density at radius 3 is 1.00 bits per heavy atom. The molecule has 3 aliphatic carbocycles. The normalized spacial score (nSPS) is 27.0. The van der Waals surface area contributed by atoms with Gasteiger partial charge in [0.05, 0.1) is 0 Å². The minimum atomic E-state index is -1.16. The molecule has 0 aromatic rings. The zero-order valence-electron chi connectivity index (χ0n) is 12.9. The summed E-state index contributed by atoms with van der Waals surface area (Å²) < 4.78 is 5.44. The van der Waals surface area contributed by atoms with Gasteiger partial charge < -0.3 is 0 Å². The fraction of sp³-hybridized carbons (Fsp3) is 1.00. The summed E-state index contributed by atoms with van der Waals surface area (Å²) in [5.41, 5.74) is 0. The zero-order chi connectivity index (χ0) is 12.9. The van der Waals surface area contributed by atoms with Gasteiger partial charge in [-0.2, -0.15) is 0 Å². The molecule has 3 saturated carbocycles. The molecule has 0 nitrogen and oxygen atoms in total. The first-order valence-corrected chi connectivity index (χ1v) is 16.4. The van der Waals surface area contributed by atoms with Crippen molar-refractivity contribution < 1.29 is 0 Å². The first-order valence-electron chi connectivity index (χ1n) is 9.40. The average Bonchev–Trinajstić information content (AvgIpc) is 3.10. The predicted molar refractivity (Wildman–Crippen MR) is 87.4 cm³/mol. The van der Waals surface area contributed by atoms with Gasteiger partial charge in [-0.05, 0) is 0 Å². The molecule has 0 saturated heterocycles. The fourth-order valence-corrected chi connectivity index (χ4v) is 19.2. The fourth-order valence-electron chi connectivity index (χ4n) is 5.44. The molecule has 3 aliphatic rings. The van der Waals surface area contributed by atoms with E-state index in [1.54, 1.807) is 77.0 Å². The molecule has 0 unspecified atom stereocenters. The van der Waals surface area contributed by atoms with Gasteiger partial charge in [0, 0.05) is 0 Å². The standard InChI is InChI=1S/3C6H11.Sn.H/c3*1-6-4-2-3-5-6;;/h3*6H,1-5H2;;. The van der Waals surface area contributed by atoms with Gasteiger partial charge in [0.25, 0.3) is 0 Å². The Hall–Kier alpha value is 0.799. The number of hydrogen-bond acceptors (Lipinski definition) is 0. The Kier molecular flexibility index (Phi) is 5.97. The first kappa shape index (κ1) is 14.7. The Morgan fingerprint density at radius 2 is 0.737 bits per heavy atom. The summed E-state index contributed by atoms with van der Waals surface area (Å²) >= 11 is -1.16. The summed E-state index contributed by atoms with van der Waals surface area (Å²) in [5.74, 6) is 3.64. The van der Waals surface area contributed by atoms with Crippen LogP contribution < -0.4 is 0 Å². The van der Waals surface area contributed by atoms with Crippen LogP contribution in [0.4, 0.5) is 0 Å². The van der Waals surface area contributed by atoms with Gasteiger partial charge in [0.2, 0.25) is 0 Å². The van der Waals surface area contributed by atoms with Gasteiger partial charge in [0.15, 0.2) is 0 Å². The molecule has 0 N–H and O–H groups in total. The molecule has 0 spiro atoms. The van der Waals surface area contributed by atoms with Crippen LogP contribution in [0.3, 0.4) is 0 Å². The summed E-state index contributed by atoms with van der Waals surface area (Å²) in [6, 6.07) is 0. The second-order valence-electron chi connectivity index (χ2n) is 8.02. The molecule has 0 heterocycles. The van der Waals surface area contributed by atoms with E-state index < -0.39 is 19.8 Å². The summed E-state index contributed by atoms with van der Waals surface area (Å²) in [6.07, 6.45) is 19.1. The Balaban J connectivity index is 1.49. The summed E-state index contributed by atoms with van der Waals surface area (Å²) in [6.45, 7) is 0. The van der Waals surface area contributed by atoms with E-state index in [0.29, 0.717) is 0 Å². The first-order chi connectivity index (χ1) is 9.40. The van der Waals surface area contributed by atoms with Crippen LogP contribution >= 0.6 is 0 Å². The summed E-state index contributed by atoms with van der Waals surface area (Å²) in [7, 11) is 0. The van der Waals surface area contributed by atoms with Crippen LogP contribution in [0.25, 0.3) is 0 Å². The van der Waals surface area contributed by atoms with Crippen molar-refractivity contribution in [1.29, 1.82) is 0 Å². The van der Waals surface area contributed by atoms with Crippen molar-refractivity contribution in [3.05, 3.63) is 0 Å². The van der Waals surface area contributed by atoms with E-state index in [1.807, 2.05) is 13.3 Å². The van der Waals surface area contributed by atoms with Gasteiger partial charge in [-0.15, -0.1) is 0 Å². The molecular formula is C18H34Sn. The van der Waals surface area contributed by atoms with Gasteiger partial charge >= 0.3 is 128 Å². The number of rotatable bonds is 6. The van der Waals surface area contributed by atoms with Crippen molar-refractivity contribution in [3.8, 4) is 0 Å². The van der Waals surface area contributed by atoms with E-state index in [2.05, 4.69) is 0 Å². The van der Waals surface area contributed by atoms with Gasteiger partial charge in [0.1, 0.15) is 0 Å². The van der Waals surface area contributed by atoms with E-state index in [9.17, 15) is 0 Å². The second kappa shape index (κ2) is 7.71. The second-order valence-corrected chi connectivity index (χ2v) is 17.0. The quantitative estimate of drug-likeness (QED) is 0.521. The maximum atomic E-state index is 1.81. The average molecular weight is 369 g/mol. The van der Waals surface area contributed by atoms with Crippen LogP contribution in [0.5, 0.6) is 0 Å². The molecule has 1 heteroatoms. The van der Waals surface area contributed by atoms with Crippen molar-refractivity contribution in [2.75, 3.05) is 0 Å². The minimum absolute atomic E-state index is 1.16. The van der Waals surface area contributed by atoms with Crippen molar-refractivity contribution in [2.24, 2.45) is 17.8 Å². The van der Waals surface area contributed by atoms with Crippen molar-refractivity contribution in [2.45, 2.75) is 90.4 Å².